The van der Waals surface area contributed by atoms with E-state index < -0.39 is 0 Å². The van der Waals surface area contributed by atoms with Gasteiger partial charge in [0.2, 0.25) is 5.95 Å². The molecule has 170 valence electrons. The van der Waals surface area contributed by atoms with Gasteiger partial charge in [-0.1, -0.05) is 66.7 Å². The number of hydrogen-bond acceptors (Lipinski definition) is 6. The molecule has 1 N–H and O–H groups in total. The van der Waals surface area contributed by atoms with Crippen LogP contribution in [0.2, 0.25) is 0 Å². The smallest absolute Gasteiger partial charge is 0.277 e. The number of carbonyl (C=O) groups excluding carboxylic acids is 1. The second-order valence-electron chi connectivity index (χ2n) is 8.54. The van der Waals surface area contributed by atoms with Crippen molar-refractivity contribution in [3.8, 4) is 0 Å². The third kappa shape index (κ3) is 3.74. The van der Waals surface area contributed by atoms with Gasteiger partial charge in [0, 0.05) is 24.4 Å². The van der Waals surface area contributed by atoms with Crippen LogP contribution in [-0.4, -0.2) is 47.1 Å². The van der Waals surface area contributed by atoms with Crippen LogP contribution in [0.15, 0.2) is 84.6 Å². The molecule has 1 aromatic heterocycles. The van der Waals surface area contributed by atoms with Crippen LogP contribution in [0.1, 0.15) is 33.2 Å². The molecule has 7 heteroatoms. The maximum Gasteiger partial charge on any atom is 0.277 e. The number of ether oxygens (including phenoxy) is 1. The fourth-order valence-corrected chi connectivity index (χ4v) is 4.54. The molecule has 6 rings (SSSR count). The topological polar surface area (TPSA) is 70.6 Å². The van der Waals surface area contributed by atoms with Gasteiger partial charge in [0.15, 0.2) is 0 Å². The van der Waals surface area contributed by atoms with E-state index in [9.17, 15) is 4.79 Å². The van der Waals surface area contributed by atoms with Crippen LogP contribution in [0.4, 0.5) is 11.8 Å². The second-order valence-corrected chi connectivity index (χ2v) is 8.54. The van der Waals surface area contributed by atoms with E-state index in [1.54, 1.807) is 4.90 Å². The third-order valence-corrected chi connectivity index (χ3v) is 6.45. The molecule has 3 aliphatic rings. The van der Waals surface area contributed by atoms with Crippen LogP contribution in [0, 0.1) is 0 Å². The van der Waals surface area contributed by atoms with E-state index in [2.05, 4.69) is 34.5 Å². The normalized spacial score (nSPS) is 17.0. The Morgan fingerprint density at radius 2 is 1.56 bits per heavy atom. The van der Waals surface area contributed by atoms with Crippen LogP contribution >= 0.6 is 0 Å². The molecule has 1 aliphatic carbocycles. The van der Waals surface area contributed by atoms with Gasteiger partial charge < -0.3 is 19.9 Å². The molecule has 0 radical (unpaired) electrons. The monoisotopic (exact) mass is 451 g/mol. The minimum atomic E-state index is -0.120. The zero-order valence-corrected chi connectivity index (χ0v) is 18.7. The number of benzene rings is 2. The van der Waals surface area contributed by atoms with E-state index in [-0.39, 0.29) is 11.9 Å². The van der Waals surface area contributed by atoms with Crippen molar-refractivity contribution in [2.24, 2.45) is 0 Å². The fraction of sp³-hybridized carbons (Fsp3) is 0.222. The van der Waals surface area contributed by atoms with Gasteiger partial charge in [-0.3, -0.25) is 4.79 Å². The number of fused-ring (bicyclic) bond motifs is 1. The number of hydrogen-bond donors (Lipinski definition) is 1. The average Bonchev–Trinajstić information content (AvgIpc) is 3.19. The second kappa shape index (κ2) is 8.76. The third-order valence-electron chi connectivity index (χ3n) is 6.45. The molecular weight excluding hydrogens is 426 g/mol. The highest BCUT2D eigenvalue weighted by Gasteiger charge is 2.36. The lowest BCUT2D eigenvalue weighted by Gasteiger charge is -2.28. The van der Waals surface area contributed by atoms with Crippen LogP contribution in [0.3, 0.4) is 0 Å². The van der Waals surface area contributed by atoms with Crippen molar-refractivity contribution < 1.29 is 9.53 Å². The van der Waals surface area contributed by atoms with Crippen LogP contribution < -0.4 is 10.2 Å². The van der Waals surface area contributed by atoms with Crippen molar-refractivity contribution in [3.63, 3.8) is 0 Å². The molecule has 3 aromatic rings. The fourth-order valence-electron chi connectivity index (χ4n) is 4.54. The van der Waals surface area contributed by atoms with Crippen LogP contribution in [-0.2, 0) is 11.3 Å². The summed E-state index contributed by atoms with van der Waals surface area (Å²) < 4.78 is 5.51. The largest absolute Gasteiger partial charge is 0.378 e. The van der Waals surface area contributed by atoms with Gasteiger partial charge in [0.1, 0.15) is 11.5 Å². The summed E-state index contributed by atoms with van der Waals surface area (Å²) in [4.78, 5) is 26.9. The highest BCUT2D eigenvalue weighted by molar-refractivity contribution is 5.99. The maximum absolute atomic E-state index is 13.3. The molecule has 3 heterocycles. The van der Waals surface area contributed by atoms with Crippen molar-refractivity contribution >= 4 is 17.7 Å². The van der Waals surface area contributed by atoms with Gasteiger partial charge in [-0.25, -0.2) is 4.98 Å². The molecule has 1 saturated heterocycles. The molecule has 2 aromatic carbocycles. The van der Waals surface area contributed by atoms with Crippen molar-refractivity contribution in [2.75, 3.05) is 36.5 Å². The van der Waals surface area contributed by atoms with Gasteiger partial charge in [-0.15, -0.1) is 0 Å². The number of nitrogens with zero attached hydrogens (tertiary/aromatic N) is 4. The Balaban J connectivity index is 1.43. The molecule has 7 nitrogen and oxygen atoms in total. The quantitative estimate of drug-likeness (QED) is 0.613. The molecule has 0 spiro atoms. The summed E-state index contributed by atoms with van der Waals surface area (Å²) in [7, 11) is 0. The Hall–Kier alpha value is -3.97. The zero-order valence-electron chi connectivity index (χ0n) is 18.7. The summed E-state index contributed by atoms with van der Waals surface area (Å²) in [6, 6.07) is 20.5. The Bertz CT molecular complexity index is 1230. The highest BCUT2D eigenvalue weighted by atomic mass is 16.5. The first-order valence-corrected chi connectivity index (χ1v) is 11.6. The Labute approximate surface area is 198 Å². The highest BCUT2D eigenvalue weighted by Crippen LogP contribution is 2.35. The number of amides is 1. The maximum atomic E-state index is 13.3. The first-order valence-electron chi connectivity index (χ1n) is 11.6. The Morgan fingerprint density at radius 1 is 0.912 bits per heavy atom. The SMILES string of the molecule is O=C1c2nc(N3CCOCC3)nc(NC(c3ccccc3)c3ccccc3)c2CN1C1=CC=C1. The lowest BCUT2D eigenvalue weighted by atomic mass is 9.98. The van der Waals surface area contributed by atoms with Crippen LogP contribution in [0.5, 0.6) is 0 Å². The molecule has 0 unspecified atom stereocenters. The lowest BCUT2D eigenvalue weighted by Crippen LogP contribution is -2.37. The molecule has 0 saturated carbocycles. The zero-order chi connectivity index (χ0) is 22.9. The van der Waals surface area contributed by atoms with Crippen molar-refractivity contribution in [3.05, 3.63) is 107 Å². The van der Waals surface area contributed by atoms with Gasteiger partial charge in [0.25, 0.3) is 5.91 Å². The van der Waals surface area contributed by atoms with E-state index in [1.807, 2.05) is 54.6 Å². The number of aromatic nitrogens is 2. The molecule has 0 bridgehead atoms. The number of rotatable bonds is 6. The van der Waals surface area contributed by atoms with E-state index in [4.69, 9.17) is 14.7 Å². The predicted molar refractivity (Wildman–Crippen MR) is 131 cm³/mol. The van der Waals surface area contributed by atoms with Gasteiger partial charge >= 0.3 is 0 Å². The number of anilines is 2. The molecular formula is C27H25N5O2. The first kappa shape index (κ1) is 20.6. The summed E-state index contributed by atoms with van der Waals surface area (Å²) in [5, 5.41) is 3.68. The summed E-state index contributed by atoms with van der Waals surface area (Å²) >= 11 is 0. The summed E-state index contributed by atoms with van der Waals surface area (Å²) in [5.74, 6) is 1.18. The summed E-state index contributed by atoms with van der Waals surface area (Å²) in [6.07, 6.45) is 5.84. The number of morpholine rings is 1. The van der Waals surface area contributed by atoms with Crippen molar-refractivity contribution in [1.82, 2.24) is 14.9 Å². The van der Waals surface area contributed by atoms with Gasteiger partial charge in [-0.05, 0) is 23.3 Å². The summed E-state index contributed by atoms with van der Waals surface area (Å²) in [6.45, 7) is 3.09. The van der Waals surface area contributed by atoms with Crippen LogP contribution in [0.25, 0.3) is 0 Å². The van der Waals surface area contributed by atoms with Crippen molar-refractivity contribution in [2.45, 2.75) is 12.6 Å². The first-order chi connectivity index (χ1) is 16.8. The van der Waals surface area contributed by atoms with E-state index in [0.717, 1.165) is 22.4 Å². The standard InChI is InChI=1S/C27H25N5O2/c33-26-24-22(18-32(26)21-12-7-13-21)25(30-27(29-24)31-14-16-34-17-15-31)28-23(19-8-3-1-4-9-19)20-10-5-2-6-11-20/h1-13,23H,14-18H2,(H,28,29,30). The van der Waals surface area contributed by atoms with Gasteiger partial charge in [-0.2, -0.15) is 4.98 Å². The minimum Gasteiger partial charge on any atom is -0.378 e. The van der Waals surface area contributed by atoms with Gasteiger partial charge in [0.05, 0.1) is 25.8 Å². The Morgan fingerprint density at radius 3 is 2.15 bits per heavy atom. The number of allylic oxidation sites excluding steroid dienone is 3. The summed E-state index contributed by atoms with van der Waals surface area (Å²) in [5.41, 5.74) is 4.46. The molecule has 1 fully saturated rings. The average molecular weight is 452 g/mol. The number of nitrogens with one attached hydrogen (secondary N) is 1. The van der Waals surface area contributed by atoms with E-state index in [0.29, 0.717) is 50.3 Å². The Kier molecular flexibility index (Phi) is 5.31. The minimum absolute atomic E-state index is 0.0819. The molecule has 1 amide bonds. The molecule has 0 atom stereocenters. The van der Waals surface area contributed by atoms with E-state index >= 15 is 0 Å². The predicted octanol–water partition coefficient (Wildman–Crippen LogP) is 3.92. The molecule has 34 heavy (non-hydrogen) atoms. The lowest BCUT2D eigenvalue weighted by molar-refractivity contribution is 0.0826. The number of carbonyl (C=O) groups is 1. The molecule has 2 aliphatic heterocycles. The van der Waals surface area contributed by atoms with Crippen molar-refractivity contribution in [1.29, 1.82) is 0 Å². The van der Waals surface area contributed by atoms with E-state index in [1.165, 1.54) is 0 Å².